The second-order valence-corrected chi connectivity index (χ2v) is 5.61. The maximum absolute atomic E-state index is 12.0. The number of benzene rings is 1. The summed E-state index contributed by atoms with van der Waals surface area (Å²) in [6.45, 7) is 5.01. The number of amides is 1. The van der Waals surface area contributed by atoms with Gasteiger partial charge in [-0.1, -0.05) is 13.0 Å². The molecule has 0 bridgehead atoms. The van der Waals surface area contributed by atoms with Crippen molar-refractivity contribution in [1.82, 2.24) is 0 Å². The van der Waals surface area contributed by atoms with Crippen molar-refractivity contribution in [2.24, 2.45) is 11.7 Å². The monoisotopic (exact) mass is 292 g/mol. The van der Waals surface area contributed by atoms with E-state index in [0.717, 1.165) is 30.9 Å². The summed E-state index contributed by atoms with van der Waals surface area (Å²) in [5.41, 5.74) is 6.46. The van der Waals surface area contributed by atoms with Crippen LogP contribution in [-0.2, 0) is 9.53 Å². The second-order valence-electron chi connectivity index (χ2n) is 5.61. The summed E-state index contributed by atoms with van der Waals surface area (Å²) in [7, 11) is 0. The summed E-state index contributed by atoms with van der Waals surface area (Å²) in [5.74, 6) is 0.416. The van der Waals surface area contributed by atoms with Gasteiger partial charge in [0.05, 0.1) is 12.0 Å². The first-order valence-electron chi connectivity index (χ1n) is 7.47. The predicted molar refractivity (Wildman–Crippen MR) is 82.4 cm³/mol. The molecule has 2 rings (SSSR count). The van der Waals surface area contributed by atoms with Crippen LogP contribution in [0, 0.1) is 5.92 Å². The lowest BCUT2D eigenvalue weighted by Gasteiger charge is -2.16. The molecule has 5 nitrogen and oxygen atoms in total. The predicted octanol–water partition coefficient (Wildman–Crippen LogP) is 2.17. The minimum Gasteiger partial charge on any atom is -0.491 e. The first-order valence-corrected chi connectivity index (χ1v) is 7.47. The van der Waals surface area contributed by atoms with Crippen LogP contribution in [0.4, 0.5) is 5.69 Å². The maximum atomic E-state index is 12.0. The van der Waals surface area contributed by atoms with E-state index in [0.29, 0.717) is 6.61 Å². The molecule has 3 unspecified atom stereocenters. The third-order valence-electron chi connectivity index (χ3n) is 3.76. The van der Waals surface area contributed by atoms with E-state index in [-0.39, 0.29) is 24.0 Å². The molecular weight excluding hydrogens is 268 g/mol. The van der Waals surface area contributed by atoms with E-state index in [1.54, 1.807) is 0 Å². The van der Waals surface area contributed by atoms with Crippen molar-refractivity contribution in [2.75, 3.05) is 18.5 Å². The van der Waals surface area contributed by atoms with Crippen LogP contribution in [0.5, 0.6) is 5.75 Å². The van der Waals surface area contributed by atoms with Crippen LogP contribution in [0.15, 0.2) is 24.3 Å². The molecular formula is C16H24N2O3. The van der Waals surface area contributed by atoms with Gasteiger partial charge < -0.3 is 20.5 Å². The molecule has 0 saturated carbocycles. The Hall–Kier alpha value is -1.59. The highest BCUT2D eigenvalue weighted by atomic mass is 16.5. The average molecular weight is 292 g/mol. The zero-order valence-corrected chi connectivity index (χ0v) is 12.7. The fourth-order valence-corrected chi connectivity index (χ4v) is 2.12. The summed E-state index contributed by atoms with van der Waals surface area (Å²) >= 11 is 0. The molecule has 1 amide bonds. The fourth-order valence-electron chi connectivity index (χ4n) is 2.12. The molecule has 0 radical (unpaired) electrons. The lowest BCUT2D eigenvalue weighted by molar-refractivity contribution is -0.119. The first-order chi connectivity index (χ1) is 10.1. The number of hydrogen-bond acceptors (Lipinski definition) is 4. The molecule has 0 aliphatic carbocycles. The summed E-state index contributed by atoms with van der Waals surface area (Å²) in [6, 6.07) is 7.21. The first kappa shape index (κ1) is 15.8. The van der Waals surface area contributed by atoms with Crippen molar-refractivity contribution in [3.63, 3.8) is 0 Å². The summed E-state index contributed by atoms with van der Waals surface area (Å²) in [6.07, 6.45) is 2.32. The van der Waals surface area contributed by atoms with Crippen LogP contribution in [0.3, 0.4) is 0 Å². The highest BCUT2D eigenvalue weighted by Crippen LogP contribution is 2.20. The molecule has 1 aliphatic rings. The van der Waals surface area contributed by atoms with E-state index < -0.39 is 0 Å². The average Bonchev–Trinajstić information content (AvgIpc) is 2.98. The fraction of sp³-hybridized carbons (Fsp3) is 0.562. The van der Waals surface area contributed by atoms with Crippen molar-refractivity contribution in [2.45, 2.75) is 38.8 Å². The van der Waals surface area contributed by atoms with Crippen LogP contribution in [0.2, 0.25) is 0 Å². The Kier molecular flexibility index (Phi) is 5.59. The minimum absolute atomic E-state index is 0.0822. The number of carbonyl (C=O) groups is 1. The van der Waals surface area contributed by atoms with Crippen molar-refractivity contribution in [3.05, 3.63) is 24.3 Å². The molecule has 1 heterocycles. The summed E-state index contributed by atoms with van der Waals surface area (Å²) < 4.78 is 11.2. The van der Waals surface area contributed by atoms with Gasteiger partial charge in [-0.2, -0.15) is 0 Å². The van der Waals surface area contributed by atoms with Gasteiger partial charge >= 0.3 is 0 Å². The molecule has 1 aromatic carbocycles. The lowest BCUT2D eigenvalue weighted by atomic mass is 10.0. The van der Waals surface area contributed by atoms with Gasteiger partial charge in [0, 0.05) is 24.4 Å². The summed E-state index contributed by atoms with van der Waals surface area (Å²) in [4.78, 5) is 12.0. The molecule has 0 aromatic heterocycles. The molecule has 1 fully saturated rings. The van der Waals surface area contributed by atoms with Crippen LogP contribution in [-0.4, -0.2) is 31.3 Å². The SMILES string of the molecule is CC(N)C(C)C(=O)Nc1cccc(OCC2CCCO2)c1. The number of nitrogens with one attached hydrogen (secondary N) is 1. The zero-order valence-electron chi connectivity index (χ0n) is 12.7. The van der Waals surface area contributed by atoms with Gasteiger partial charge in [0.15, 0.2) is 0 Å². The van der Waals surface area contributed by atoms with E-state index in [9.17, 15) is 4.79 Å². The van der Waals surface area contributed by atoms with E-state index in [4.69, 9.17) is 15.2 Å². The van der Waals surface area contributed by atoms with Crippen LogP contribution in [0.25, 0.3) is 0 Å². The van der Waals surface area contributed by atoms with Gasteiger partial charge in [-0.15, -0.1) is 0 Å². The van der Waals surface area contributed by atoms with Crippen LogP contribution in [0.1, 0.15) is 26.7 Å². The van der Waals surface area contributed by atoms with Gasteiger partial charge in [0.2, 0.25) is 5.91 Å². The normalized spacial score (nSPS) is 20.8. The molecule has 3 atom stereocenters. The molecule has 5 heteroatoms. The Morgan fingerprint density at radius 2 is 2.33 bits per heavy atom. The number of hydrogen-bond donors (Lipinski definition) is 2. The van der Waals surface area contributed by atoms with E-state index >= 15 is 0 Å². The summed E-state index contributed by atoms with van der Waals surface area (Å²) in [5, 5.41) is 2.86. The van der Waals surface area contributed by atoms with Gasteiger partial charge in [-0.3, -0.25) is 4.79 Å². The van der Waals surface area contributed by atoms with E-state index in [2.05, 4.69) is 5.32 Å². The van der Waals surface area contributed by atoms with Crippen molar-refractivity contribution in [1.29, 1.82) is 0 Å². The molecule has 0 spiro atoms. The Labute approximate surface area is 125 Å². The molecule has 1 aromatic rings. The van der Waals surface area contributed by atoms with Crippen molar-refractivity contribution < 1.29 is 14.3 Å². The highest BCUT2D eigenvalue weighted by Gasteiger charge is 2.18. The van der Waals surface area contributed by atoms with Crippen molar-refractivity contribution in [3.8, 4) is 5.75 Å². The Morgan fingerprint density at radius 3 is 3.00 bits per heavy atom. The number of rotatable bonds is 6. The number of nitrogens with two attached hydrogens (primary N) is 1. The smallest absolute Gasteiger partial charge is 0.228 e. The van der Waals surface area contributed by atoms with Gasteiger partial charge in [-0.05, 0) is 31.9 Å². The Balaban J connectivity index is 1.89. The lowest BCUT2D eigenvalue weighted by Crippen LogP contribution is -2.34. The minimum atomic E-state index is -0.235. The zero-order chi connectivity index (χ0) is 15.2. The van der Waals surface area contributed by atoms with E-state index in [1.807, 2.05) is 38.1 Å². The van der Waals surface area contributed by atoms with Gasteiger partial charge in [-0.25, -0.2) is 0 Å². The third-order valence-corrected chi connectivity index (χ3v) is 3.76. The maximum Gasteiger partial charge on any atom is 0.228 e. The molecule has 116 valence electrons. The Bertz CT molecular complexity index is 470. The number of anilines is 1. The van der Waals surface area contributed by atoms with Crippen LogP contribution < -0.4 is 15.8 Å². The Morgan fingerprint density at radius 1 is 1.52 bits per heavy atom. The van der Waals surface area contributed by atoms with Gasteiger partial charge in [0.25, 0.3) is 0 Å². The molecule has 1 saturated heterocycles. The standard InChI is InChI=1S/C16H24N2O3/c1-11(12(2)17)16(19)18-13-5-3-6-14(9-13)21-10-15-7-4-8-20-15/h3,5-6,9,11-12,15H,4,7-8,10,17H2,1-2H3,(H,18,19). The number of ether oxygens (including phenoxy) is 2. The molecule has 21 heavy (non-hydrogen) atoms. The quantitative estimate of drug-likeness (QED) is 0.842. The van der Waals surface area contributed by atoms with Crippen molar-refractivity contribution >= 4 is 11.6 Å². The number of carbonyl (C=O) groups excluding carboxylic acids is 1. The van der Waals surface area contributed by atoms with Gasteiger partial charge in [0.1, 0.15) is 12.4 Å². The molecule has 1 aliphatic heterocycles. The largest absolute Gasteiger partial charge is 0.491 e. The van der Waals surface area contributed by atoms with E-state index in [1.165, 1.54) is 0 Å². The topological polar surface area (TPSA) is 73.6 Å². The van der Waals surface area contributed by atoms with Crippen LogP contribution >= 0.6 is 0 Å². The second kappa shape index (κ2) is 7.43. The molecule has 3 N–H and O–H groups in total. The third kappa shape index (κ3) is 4.72. The highest BCUT2D eigenvalue weighted by molar-refractivity contribution is 5.92.